The molecule has 0 unspecified atom stereocenters. The highest BCUT2D eigenvalue weighted by atomic mass is 32.1. The SMILES string of the molecule is NC(=O)c1c(-c2cccs2)noc1NC(=O)c1ccc(F)cc1F. The number of benzene rings is 1. The molecule has 9 heteroatoms. The highest BCUT2D eigenvalue weighted by Gasteiger charge is 2.25. The fourth-order valence-electron chi connectivity index (χ4n) is 2.03. The highest BCUT2D eigenvalue weighted by Crippen LogP contribution is 2.31. The van der Waals surface area contributed by atoms with E-state index >= 15 is 0 Å². The van der Waals surface area contributed by atoms with E-state index in [0.717, 1.165) is 12.1 Å². The molecule has 0 aliphatic carbocycles. The Hall–Kier alpha value is -3.07. The van der Waals surface area contributed by atoms with Gasteiger partial charge in [0, 0.05) is 6.07 Å². The molecule has 0 fully saturated rings. The number of nitrogens with one attached hydrogen (secondary N) is 1. The van der Waals surface area contributed by atoms with Gasteiger partial charge in [-0.25, -0.2) is 8.78 Å². The first-order valence-corrected chi connectivity index (χ1v) is 7.45. The molecule has 3 N–H and O–H groups in total. The van der Waals surface area contributed by atoms with E-state index in [1.165, 1.54) is 11.3 Å². The summed E-state index contributed by atoms with van der Waals surface area (Å²) in [5.74, 6) is -3.97. The maximum Gasteiger partial charge on any atom is 0.261 e. The van der Waals surface area contributed by atoms with Crippen molar-refractivity contribution in [3.63, 3.8) is 0 Å². The van der Waals surface area contributed by atoms with Crippen molar-refractivity contribution in [1.82, 2.24) is 5.16 Å². The third-order valence-corrected chi connectivity index (χ3v) is 3.97. The molecule has 2 amide bonds. The topological polar surface area (TPSA) is 98.2 Å². The van der Waals surface area contributed by atoms with E-state index in [2.05, 4.69) is 10.5 Å². The van der Waals surface area contributed by atoms with Crippen LogP contribution in [0.15, 0.2) is 40.2 Å². The molecule has 2 aromatic heterocycles. The number of carbonyl (C=O) groups excluding carboxylic acids is 2. The molecule has 0 aliphatic heterocycles. The molecule has 0 aliphatic rings. The lowest BCUT2D eigenvalue weighted by Gasteiger charge is -2.04. The van der Waals surface area contributed by atoms with Crippen molar-refractivity contribution < 1.29 is 22.9 Å². The molecule has 0 radical (unpaired) electrons. The molecule has 0 atom stereocenters. The monoisotopic (exact) mass is 349 g/mol. The Balaban J connectivity index is 1.95. The van der Waals surface area contributed by atoms with Crippen molar-refractivity contribution in [1.29, 1.82) is 0 Å². The number of rotatable bonds is 4. The summed E-state index contributed by atoms with van der Waals surface area (Å²) in [7, 11) is 0. The minimum atomic E-state index is -1.05. The predicted molar refractivity (Wildman–Crippen MR) is 82.6 cm³/mol. The summed E-state index contributed by atoms with van der Waals surface area (Å²) >= 11 is 1.30. The van der Waals surface area contributed by atoms with Crippen LogP contribution in [-0.4, -0.2) is 17.0 Å². The highest BCUT2D eigenvalue weighted by molar-refractivity contribution is 7.13. The van der Waals surface area contributed by atoms with Crippen LogP contribution >= 0.6 is 11.3 Å². The van der Waals surface area contributed by atoms with Crippen molar-refractivity contribution in [3.05, 3.63) is 58.5 Å². The predicted octanol–water partition coefficient (Wildman–Crippen LogP) is 3.03. The Kier molecular flexibility index (Phi) is 4.09. The molecule has 2 heterocycles. The first-order valence-electron chi connectivity index (χ1n) is 6.57. The van der Waals surface area contributed by atoms with Gasteiger partial charge in [0.1, 0.15) is 22.9 Å². The summed E-state index contributed by atoms with van der Waals surface area (Å²) in [5, 5.41) is 7.72. The zero-order valence-corrected chi connectivity index (χ0v) is 12.7. The molecule has 0 spiro atoms. The number of carbonyl (C=O) groups is 2. The van der Waals surface area contributed by atoms with Gasteiger partial charge in [0.2, 0.25) is 5.88 Å². The zero-order valence-electron chi connectivity index (χ0n) is 11.9. The van der Waals surface area contributed by atoms with Gasteiger partial charge in [-0.3, -0.25) is 14.9 Å². The molecule has 0 bridgehead atoms. The third-order valence-electron chi connectivity index (χ3n) is 3.10. The van der Waals surface area contributed by atoms with Crippen molar-refractivity contribution in [2.75, 3.05) is 5.32 Å². The van der Waals surface area contributed by atoms with Crippen LogP contribution in [0.1, 0.15) is 20.7 Å². The van der Waals surface area contributed by atoms with Gasteiger partial charge in [-0.2, -0.15) is 0 Å². The summed E-state index contributed by atoms with van der Waals surface area (Å²) in [4.78, 5) is 24.4. The van der Waals surface area contributed by atoms with Gasteiger partial charge < -0.3 is 10.3 Å². The number of hydrogen-bond donors (Lipinski definition) is 2. The van der Waals surface area contributed by atoms with Gasteiger partial charge in [0.15, 0.2) is 0 Å². The Bertz CT molecular complexity index is 922. The normalized spacial score (nSPS) is 10.6. The summed E-state index contributed by atoms with van der Waals surface area (Å²) in [6.07, 6.45) is 0. The molecule has 1 aromatic carbocycles. The summed E-state index contributed by atoms with van der Waals surface area (Å²) in [6.45, 7) is 0. The van der Waals surface area contributed by atoms with E-state index in [1.54, 1.807) is 17.5 Å². The Morgan fingerprint density at radius 2 is 2.04 bits per heavy atom. The van der Waals surface area contributed by atoms with Crippen molar-refractivity contribution in [2.24, 2.45) is 5.73 Å². The number of primary amides is 1. The quantitative estimate of drug-likeness (QED) is 0.756. The molecular formula is C15H9F2N3O3S. The van der Waals surface area contributed by atoms with Crippen LogP contribution in [0.25, 0.3) is 10.6 Å². The van der Waals surface area contributed by atoms with Gasteiger partial charge >= 0.3 is 0 Å². The molecule has 0 saturated carbocycles. The summed E-state index contributed by atoms with van der Waals surface area (Å²) < 4.78 is 31.5. The number of thiophene rings is 1. The third kappa shape index (κ3) is 2.88. The lowest BCUT2D eigenvalue weighted by Crippen LogP contribution is -2.18. The fraction of sp³-hybridized carbons (Fsp3) is 0. The van der Waals surface area contributed by atoms with E-state index in [-0.39, 0.29) is 17.1 Å². The van der Waals surface area contributed by atoms with E-state index in [9.17, 15) is 18.4 Å². The minimum absolute atomic E-state index is 0.131. The first-order chi connectivity index (χ1) is 11.5. The second-order valence-electron chi connectivity index (χ2n) is 4.66. The zero-order chi connectivity index (χ0) is 17.3. The van der Waals surface area contributed by atoms with E-state index in [1.807, 2.05) is 0 Å². The molecule has 3 aromatic rings. The van der Waals surface area contributed by atoms with Gasteiger partial charge in [0.25, 0.3) is 11.8 Å². The fourth-order valence-corrected chi connectivity index (χ4v) is 2.74. The first kappa shape index (κ1) is 15.8. The number of hydrogen-bond acceptors (Lipinski definition) is 5. The largest absolute Gasteiger partial charge is 0.365 e. The molecule has 0 saturated heterocycles. The molecule has 3 rings (SSSR count). The van der Waals surface area contributed by atoms with Crippen LogP contribution in [-0.2, 0) is 0 Å². The standard InChI is InChI=1S/C15H9F2N3O3S/c16-7-3-4-8(9(17)6-7)14(22)19-15-11(13(18)21)12(20-23-15)10-2-1-5-24-10/h1-6H,(H2,18,21)(H,19,22). The van der Waals surface area contributed by atoms with E-state index in [0.29, 0.717) is 10.9 Å². The Morgan fingerprint density at radius 1 is 1.25 bits per heavy atom. The maximum atomic E-state index is 13.7. The van der Waals surface area contributed by atoms with Crippen molar-refractivity contribution >= 4 is 29.0 Å². The Labute approximate surface area is 137 Å². The van der Waals surface area contributed by atoms with Crippen LogP contribution in [0.4, 0.5) is 14.7 Å². The summed E-state index contributed by atoms with van der Waals surface area (Å²) in [6, 6.07) is 5.91. The lowest BCUT2D eigenvalue weighted by molar-refractivity contribution is 0.100. The van der Waals surface area contributed by atoms with Crippen LogP contribution < -0.4 is 11.1 Å². The van der Waals surface area contributed by atoms with Crippen LogP contribution in [0.5, 0.6) is 0 Å². The van der Waals surface area contributed by atoms with Crippen LogP contribution in [0, 0.1) is 11.6 Å². The number of halogens is 2. The van der Waals surface area contributed by atoms with E-state index in [4.69, 9.17) is 10.3 Å². The molecule has 122 valence electrons. The second kappa shape index (κ2) is 6.20. The number of amides is 2. The summed E-state index contributed by atoms with van der Waals surface area (Å²) in [5.41, 5.74) is 4.95. The van der Waals surface area contributed by atoms with Crippen LogP contribution in [0.3, 0.4) is 0 Å². The second-order valence-corrected chi connectivity index (χ2v) is 5.60. The average Bonchev–Trinajstić information content (AvgIpc) is 3.15. The lowest BCUT2D eigenvalue weighted by atomic mass is 10.1. The van der Waals surface area contributed by atoms with Gasteiger partial charge in [-0.15, -0.1) is 11.3 Å². The van der Waals surface area contributed by atoms with E-state index < -0.39 is 29.0 Å². The molecular weight excluding hydrogens is 340 g/mol. The van der Waals surface area contributed by atoms with Gasteiger partial charge in [0.05, 0.1) is 10.4 Å². The Morgan fingerprint density at radius 3 is 2.67 bits per heavy atom. The average molecular weight is 349 g/mol. The number of nitrogens with zero attached hydrogens (tertiary/aromatic N) is 1. The maximum absolute atomic E-state index is 13.7. The molecule has 6 nitrogen and oxygen atoms in total. The molecule has 24 heavy (non-hydrogen) atoms. The number of nitrogens with two attached hydrogens (primary N) is 1. The van der Waals surface area contributed by atoms with Crippen molar-refractivity contribution in [3.8, 4) is 10.6 Å². The van der Waals surface area contributed by atoms with Crippen LogP contribution in [0.2, 0.25) is 0 Å². The smallest absolute Gasteiger partial charge is 0.261 e. The van der Waals surface area contributed by atoms with Gasteiger partial charge in [-0.05, 0) is 23.6 Å². The van der Waals surface area contributed by atoms with Gasteiger partial charge in [-0.1, -0.05) is 11.2 Å². The minimum Gasteiger partial charge on any atom is -0.365 e. The number of anilines is 1. The van der Waals surface area contributed by atoms with Crippen molar-refractivity contribution in [2.45, 2.75) is 0 Å². The number of aromatic nitrogens is 1.